The molecule has 1 saturated heterocycles. The SMILES string of the molecule is C=CSc1c(C)cc(Br)cc1CCc1c(Cl)cccc1C1=NCCN1CCCN1CCCC1. The zero-order valence-corrected chi connectivity index (χ0v) is 22.6. The minimum absolute atomic E-state index is 0.837. The molecule has 0 aliphatic carbocycles. The summed E-state index contributed by atoms with van der Waals surface area (Å²) in [4.78, 5) is 11.3. The van der Waals surface area contributed by atoms with Crippen molar-refractivity contribution in [1.82, 2.24) is 9.80 Å². The van der Waals surface area contributed by atoms with Crippen molar-refractivity contribution in [3.63, 3.8) is 0 Å². The minimum Gasteiger partial charge on any atom is -0.355 e. The second-order valence-corrected chi connectivity index (χ2v) is 11.2. The Labute approximate surface area is 216 Å². The summed E-state index contributed by atoms with van der Waals surface area (Å²) in [5.41, 5.74) is 5.00. The van der Waals surface area contributed by atoms with Gasteiger partial charge in [0.1, 0.15) is 5.84 Å². The number of benzene rings is 2. The summed E-state index contributed by atoms with van der Waals surface area (Å²) in [5.74, 6) is 1.13. The maximum Gasteiger partial charge on any atom is 0.131 e. The Morgan fingerprint density at radius 2 is 1.97 bits per heavy atom. The molecule has 1 fully saturated rings. The van der Waals surface area contributed by atoms with E-state index in [-0.39, 0.29) is 0 Å². The lowest BCUT2D eigenvalue weighted by Crippen LogP contribution is -2.32. The van der Waals surface area contributed by atoms with Gasteiger partial charge < -0.3 is 9.80 Å². The van der Waals surface area contributed by atoms with Crippen LogP contribution in [-0.2, 0) is 12.8 Å². The van der Waals surface area contributed by atoms with Gasteiger partial charge in [0.05, 0.1) is 6.54 Å². The molecule has 2 aromatic carbocycles. The van der Waals surface area contributed by atoms with Crippen molar-refractivity contribution in [3.05, 3.63) is 74.1 Å². The van der Waals surface area contributed by atoms with E-state index in [1.807, 2.05) is 11.5 Å². The molecule has 2 aliphatic heterocycles. The number of rotatable bonds is 10. The first-order chi connectivity index (χ1) is 16.1. The Morgan fingerprint density at radius 3 is 2.76 bits per heavy atom. The Balaban J connectivity index is 1.50. The number of hydrogen-bond donors (Lipinski definition) is 0. The van der Waals surface area contributed by atoms with Gasteiger partial charge in [-0.15, -0.1) is 0 Å². The van der Waals surface area contributed by atoms with Crippen molar-refractivity contribution >= 4 is 45.1 Å². The van der Waals surface area contributed by atoms with Gasteiger partial charge in [0.25, 0.3) is 0 Å². The third-order valence-electron chi connectivity index (χ3n) is 6.55. The van der Waals surface area contributed by atoms with Crippen molar-refractivity contribution in [3.8, 4) is 0 Å². The number of aryl methyl sites for hydroxylation is 2. The molecule has 6 heteroatoms. The van der Waals surface area contributed by atoms with Gasteiger partial charge in [-0.1, -0.05) is 58.0 Å². The number of hydrogen-bond acceptors (Lipinski definition) is 4. The van der Waals surface area contributed by atoms with Crippen LogP contribution in [0.25, 0.3) is 0 Å². The van der Waals surface area contributed by atoms with Gasteiger partial charge >= 0.3 is 0 Å². The molecule has 33 heavy (non-hydrogen) atoms. The van der Waals surface area contributed by atoms with Crippen LogP contribution in [0.15, 0.2) is 56.7 Å². The zero-order valence-electron chi connectivity index (χ0n) is 19.5. The Morgan fingerprint density at radius 1 is 1.15 bits per heavy atom. The molecular formula is C27H33BrClN3S. The molecule has 0 spiro atoms. The van der Waals surface area contributed by atoms with E-state index in [2.05, 4.69) is 63.5 Å². The van der Waals surface area contributed by atoms with Crippen LogP contribution in [0.4, 0.5) is 0 Å². The van der Waals surface area contributed by atoms with Crippen LogP contribution in [-0.4, -0.2) is 54.9 Å². The monoisotopic (exact) mass is 545 g/mol. The van der Waals surface area contributed by atoms with Gasteiger partial charge in [0.2, 0.25) is 0 Å². The van der Waals surface area contributed by atoms with Gasteiger partial charge in [0.15, 0.2) is 0 Å². The second-order valence-electron chi connectivity index (χ2n) is 8.86. The number of amidine groups is 1. The van der Waals surface area contributed by atoms with Crippen molar-refractivity contribution in [2.75, 3.05) is 39.3 Å². The van der Waals surface area contributed by atoms with Crippen molar-refractivity contribution < 1.29 is 0 Å². The minimum atomic E-state index is 0.837. The summed E-state index contributed by atoms with van der Waals surface area (Å²) in [6, 6.07) is 10.7. The van der Waals surface area contributed by atoms with E-state index in [1.165, 1.54) is 66.0 Å². The highest BCUT2D eigenvalue weighted by Crippen LogP contribution is 2.33. The first-order valence-electron chi connectivity index (χ1n) is 11.9. The summed E-state index contributed by atoms with van der Waals surface area (Å²) in [6.07, 6.45) is 5.71. The summed E-state index contributed by atoms with van der Waals surface area (Å²) in [5, 5.41) is 2.75. The van der Waals surface area contributed by atoms with Crippen molar-refractivity contribution in [2.45, 2.75) is 43.9 Å². The van der Waals surface area contributed by atoms with Crippen LogP contribution in [0.3, 0.4) is 0 Å². The summed E-state index contributed by atoms with van der Waals surface area (Å²) in [6.45, 7) is 12.7. The molecule has 0 atom stereocenters. The van der Waals surface area contributed by atoms with Gasteiger partial charge in [0, 0.05) is 33.0 Å². The quantitative estimate of drug-likeness (QED) is 0.300. The topological polar surface area (TPSA) is 18.8 Å². The highest BCUT2D eigenvalue weighted by molar-refractivity contribution is 9.10. The number of thioether (sulfide) groups is 1. The summed E-state index contributed by atoms with van der Waals surface area (Å²) < 4.78 is 1.12. The molecule has 0 N–H and O–H groups in total. The Hall–Kier alpha value is -1.27. The molecule has 0 saturated carbocycles. The first kappa shape index (κ1) is 24.8. The normalized spacial score (nSPS) is 16.5. The fourth-order valence-electron chi connectivity index (χ4n) is 4.97. The lowest BCUT2D eigenvalue weighted by Gasteiger charge is -2.24. The number of aliphatic imine (C=N–C) groups is 1. The summed E-state index contributed by atoms with van der Waals surface area (Å²) in [7, 11) is 0. The smallest absolute Gasteiger partial charge is 0.131 e. The maximum absolute atomic E-state index is 6.76. The molecule has 2 aromatic rings. The molecule has 0 radical (unpaired) electrons. The Kier molecular flexibility index (Phi) is 8.98. The highest BCUT2D eigenvalue weighted by atomic mass is 79.9. The molecule has 0 amide bonds. The van der Waals surface area contributed by atoms with Gasteiger partial charge in [-0.25, -0.2) is 0 Å². The van der Waals surface area contributed by atoms with Gasteiger partial charge in [-0.3, -0.25) is 4.99 Å². The predicted molar refractivity (Wildman–Crippen MR) is 147 cm³/mol. The molecule has 176 valence electrons. The van der Waals surface area contributed by atoms with Crippen LogP contribution in [0.2, 0.25) is 5.02 Å². The molecule has 2 heterocycles. The third-order valence-corrected chi connectivity index (χ3v) is 8.35. The third kappa shape index (κ3) is 6.25. The molecule has 0 unspecified atom stereocenters. The van der Waals surface area contributed by atoms with Crippen LogP contribution in [0.1, 0.15) is 41.5 Å². The number of nitrogens with zero attached hydrogens (tertiary/aromatic N) is 3. The van der Waals surface area contributed by atoms with E-state index in [1.54, 1.807) is 11.8 Å². The van der Waals surface area contributed by atoms with E-state index in [0.29, 0.717) is 0 Å². The second kappa shape index (κ2) is 11.9. The van der Waals surface area contributed by atoms with E-state index >= 15 is 0 Å². The maximum atomic E-state index is 6.76. The average Bonchev–Trinajstić information content (AvgIpc) is 3.47. The molecule has 2 aliphatic rings. The predicted octanol–water partition coefficient (Wildman–Crippen LogP) is 6.98. The van der Waals surface area contributed by atoms with E-state index < -0.39 is 0 Å². The zero-order chi connectivity index (χ0) is 23.2. The van der Waals surface area contributed by atoms with Crippen LogP contribution in [0.5, 0.6) is 0 Å². The van der Waals surface area contributed by atoms with E-state index in [9.17, 15) is 0 Å². The van der Waals surface area contributed by atoms with Crippen molar-refractivity contribution in [1.29, 1.82) is 0 Å². The average molecular weight is 547 g/mol. The molecule has 4 rings (SSSR count). The molecule has 0 bridgehead atoms. The first-order valence-corrected chi connectivity index (χ1v) is 14.0. The van der Waals surface area contributed by atoms with Crippen LogP contribution < -0.4 is 0 Å². The standard InChI is InChI=1S/C27H33BrClN3S/c1-3-33-26-20(2)18-22(28)19-21(26)10-11-23-24(8-6-9-25(23)29)27-30-12-17-32(27)16-7-15-31-13-4-5-14-31/h3,6,8-9,18-19H,1,4-5,7,10-17H2,2H3. The van der Waals surface area contributed by atoms with Gasteiger partial charge in [-0.2, -0.15) is 0 Å². The largest absolute Gasteiger partial charge is 0.355 e. The highest BCUT2D eigenvalue weighted by Gasteiger charge is 2.23. The lowest BCUT2D eigenvalue weighted by molar-refractivity contribution is 0.313. The van der Waals surface area contributed by atoms with E-state index in [0.717, 1.165) is 47.8 Å². The van der Waals surface area contributed by atoms with Gasteiger partial charge in [-0.05, 0) is 99.0 Å². The fraction of sp³-hybridized carbons (Fsp3) is 0.444. The number of likely N-dealkylation sites (tertiary alicyclic amines) is 1. The molecule has 0 aromatic heterocycles. The molecule has 3 nitrogen and oxygen atoms in total. The van der Waals surface area contributed by atoms with Crippen LogP contribution in [0, 0.1) is 6.92 Å². The van der Waals surface area contributed by atoms with E-state index in [4.69, 9.17) is 16.6 Å². The number of halogens is 2. The molecular weight excluding hydrogens is 514 g/mol. The van der Waals surface area contributed by atoms with Crippen molar-refractivity contribution in [2.24, 2.45) is 4.99 Å². The summed E-state index contributed by atoms with van der Waals surface area (Å²) >= 11 is 12.1. The van der Waals surface area contributed by atoms with Crippen LogP contribution >= 0.6 is 39.3 Å². The fourth-order valence-corrected chi connectivity index (χ4v) is 6.58. The lowest BCUT2D eigenvalue weighted by atomic mass is 9.97. The Bertz CT molecular complexity index is 1020.